The van der Waals surface area contributed by atoms with Gasteiger partial charge >= 0.3 is 0 Å². The molecule has 1 aromatic heterocycles. The van der Waals surface area contributed by atoms with Crippen molar-refractivity contribution in [1.82, 2.24) is 5.32 Å². The number of nitrogens with zero attached hydrogens (tertiary/aromatic N) is 1. The first kappa shape index (κ1) is 11.1. The molecule has 1 N–H and O–H groups in total. The summed E-state index contributed by atoms with van der Waals surface area (Å²) in [5.41, 5.74) is 1.41. The minimum Gasteiger partial charge on any atom is -0.315 e. The number of hydrogen-bond acceptors (Lipinski definition) is 3. The van der Waals surface area contributed by atoms with Gasteiger partial charge in [0.25, 0.3) is 0 Å². The van der Waals surface area contributed by atoms with Crippen molar-refractivity contribution in [2.24, 2.45) is 0 Å². The van der Waals surface area contributed by atoms with Crippen LogP contribution in [0.4, 0.5) is 0 Å². The summed E-state index contributed by atoms with van der Waals surface area (Å²) in [6.07, 6.45) is 1.62. The molecule has 1 heterocycles. The Morgan fingerprint density at radius 2 is 2.12 bits per heavy atom. The van der Waals surface area contributed by atoms with Gasteiger partial charge in [-0.3, -0.25) is 0 Å². The molecule has 0 unspecified atom stereocenters. The Labute approximate surface area is 99.5 Å². The van der Waals surface area contributed by atoms with Crippen molar-refractivity contribution >= 4 is 21.4 Å². The number of rotatable bonds is 5. The van der Waals surface area contributed by atoms with Crippen LogP contribution in [0.1, 0.15) is 12.0 Å². The molecule has 0 amide bonds. The number of benzene rings is 1. The van der Waals surface area contributed by atoms with Crippen LogP contribution in [0.5, 0.6) is 0 Å². The molecule has 2 nitrogen and oxygen atoms in total. The van der Waals surface area contributed by atoms with E-state index in [4.69, 9.17) is 5.26 Å². The second-order valence-corrected chi connectivity index (χ2v) is 4.58. The highest BCUT2D eigenvalue weighted by Gasteiger charge is 2.02. The average Bonchev–Trinajstić information content (AvgIpc) is 2.73. The molecule has 0 saturated carbocycles. The highest BCUT2D eigenvalue weighted by Crippen LogP contribution is 2.25. The lowest BCUT2D eigenvalue weighted by molar-refractivity contribution is 0.694. The summed E-state index contributed by atoms with van der Waals surface area (Å²) in [5, 5.41) is 15.3. The third-order valence-corrected chi connectivity index (χ3v) is 3.56. The summed E-state index contributed by atoms with van der Waals surface area (Å²) in [7, 11) is 0. The lowest BCUT2D eigenvalue weighted by atomic mass is 10.1. The first-order valence-corrected chi connectivity index (χ1v) is 6.32. The molecule has 0 aliphatic rings. The van der Waals surface area contributed by atoms with E-state index in [1.807, 2.05) is 0 Å². The molecule has 0 spiro atoms. The third-order valence-electron chi connectivity index (χ3n) is 2.55. The number of fused-ring (bicyclic) bond motifs is 1. The number of thiophene rings is 1. The van der Waals surface area contributed by atoms with Crippen molar-refractivity contribution in [3.05, 3.63) is 35.2 Å². The number of nitrogens with one attached hydrogen (secondary N) is 1. The molecule has 16 heavy (non-hydrogen) atoms. The van der Waals surface area contributed by atoms with E-state index in [-0.39, 0.29) is 0 Å². The van der Waals surface area contributed by atoms with Crippen LogP contribution in [0.25, 0.3) is 10.1 Å². The Balaban J connectivity index is 1.92. The molecule has 0 bridgehead atoms. The molecule has 0 saturated heterocycles. The van der Waals surface area contributed by atoms with E-state index in [0.29, 0.717) is 6.42 Å². The zero-order valence-electron chi connectivity index (χ0n) is 9.07. The van der Waals surface area contributed by atoms with Gasteiger partial charge in [-0.25, -0.2) is 0 Å². The second kappa shape index (κ2) is 5.64. The van der Waals surface area contributed by atoms with Crippen LogP contribution in [0.2, 0.25) is 0 Å². The predicted octanol–water partition coefficient (Wildman–Crippen LogP) is 2.95. The van der Waals surface area contributed by atoms with E-state index in [9.17, 15) is 0 Å². The third kappa shape index (κ3) is 2.60. The van der Waals surface area contributed by atoms with E-state index < -0.39 is 0 Å². The Bertz CT molecular complexity index is 496. The highest BCUT2D eigenvalue weighted by atomic mass is 32.1. The zero-order valence-corrected chi connectivity index (χ0v) is 9.89. The van der Waals surface area contributed by atoms with Crippen molar-refractivity contribution in [2.75, 3.05) is 13.1 Å². The number of hydrogen-bond donors (Lipinski definition) is 1. The fraction of sp³-hybridized carbons (Fsp3) is 0.308. The van der Waals surface area contributed by atoms with Gasteiger partial charge < -0.3 is 5.32 Å². The van der Waals surface area contributed by atoms with Gasteiger partial charge in [0.15, 0.2) is 0 Å². The van der Waals surface area contributed by atoms with Crippen LogP contribution < -0.4 is 5.32 Å². The lowest BCUT2D eigenvalue weighted by Crippen LogP contribution is -2.17. The Morgan fingerprint density at radius 3 is 3.00 bits per heavy atom. The van der Waals surface area contributed by atoms with Crippen molar-refractivity contribution in [1.29, 1.82) is 5.26 Å². The first-order valence-electron chi connectivity index (χ1n) is 5.44. The standard InChI is InChI=1S/C13H14N2S/c14-7-3-8-15-9-6-11-10-16-13-5-2-1-4-12(11)13/h1-2,4-5,10,15H,3,6,8-9H2. The molecule has 82 valence electrons. The van der Waals surface area contributed by atoms with Crippen molar-refractivity contribution in [2.45, 2.75) is 12.8 Å². The molecular formula is C13H14N2S. The summed E-state index contributed by atoms with van der Waals surface area (Å²) in [6, 6.07) is 10.6. The monoisotopic (exact) mass is 230 g/mol. The molecule has 0 fully saturated rings. The van der Waals surface area contributed by atoms with Gasteiger partial charge in [-0.1, -0.05) is 18.2 Å². The maximum atomic E-state index is 8.40. The maximum Gasteiger partial charge on any atom is 0.0635 e. The minimum atomic E-state index is 0.588. The van der Waals surface area contributed by atoms with Gasteiger partial charge in [0, 0.05) is 17.7 Å². The molecular weight excluding hydrogens is 216 g/mol. The summed E-state index contributed by atoms with van der Waals surface area (Å²) >= 11 is 1.80. The van der Waals surface area contributed by atoms with Crippen molar-refractivity contribution < 1.29 is 0 Å². The summed E-state index contributed by atoms with van der Waals surface area (Å²) in [6.45, 7) is 1.74. The van der Waals surface area contributed by atoms with E-state index in [1.54, 1.807) is 11.3 Å². The fourth-order valence-corrected chi connectivity index (χ4v) is 2.72. The van der Waals surface area contributed by atoms with Crippen molar-refractivity contribution in [3.8, 4) is 6.07 Å². The Kier molecular flexibility index (Phi) is 3.92. The van der Waals surface area contributed by atoms with Gasteiger partial charge in [0.05, 0.1) is 6.07 Å². The minimum absolute atomic E-state index is 0.588. The van der Waals surface area contributed by atoms with Crippen LogP contribution in [0.15, 0.2) is 29.6 Å². The van der Waals surface area contributed by atoms with E-state index in [2.05, 4.69) is 41.0 Å². The largest absolute Gasteiger partial charge is 0.315 e. The quantitative estimate of drug-likeness (QED) is 0.802. The Hall–Kier alpha value is -1.37. The second-order valence-electron chi connectivity index (χ2n) is 3.67. The average molecular weight is 230 g/mol. The molecule has 0 radical (unpaired) electrons. The number of nitriles is 1. The van der Waals surface area contributed by atoms with Gasteiger partial charge in [-0.2, -0.15) is 5.26 Å². The molecule has 2 rings (SSSR count). The van der Waals surface area contributed by atoms with Crippen molar-refractivity contribution in [3.63, 3.8) is 0 Å². The van der Waals surface area contributed by atoms with Crippen LogP contribution in [0.3, 0.4) is 0 Å². The Morgan fingerprint density at radius 1 is 1.25 bits per heavy atom. The normalized spacial score (nSPS) is 10.4. The lowest BCUT2D eigenvalue weighted by Gasteiger charge is -2.01. The molecule has 3 heteroatoms. The van der Waals surface area contributed by atoms with E-state index in [1.165, 1.54) is 15.6 Å². The van der Waals surface area contributed by atoms with Gasteiger partial charge in [0.1, 0.15) is 0 Å². The SMILES string of the molecule is N#CCCNCCc1csc2ccccc12. The molecule has 2 aromatic rings. The molecule has 0 aliphatic heterocycles. The van der Waals surface area contributed by atoms with Crippen LogP contribution in [-0.4, -0.2) is 13.1 Å². The van der Waals surface area contributed by atoms with Crippen LogP contribution in [-0.2, 0) is 6.42 Å². The van der Waals surface area contributed by atoms with Crippen LogP contribution in [0, 0.1) is 11.3 Å². The molecule has 0 aliphatic carbocycles. The molecule has 0 atom stereocenters. The van der Waals surface area contributed by atoms with Gasteiger partial charge in [0.2, 0.25) is 0 Å². The summed E-state index contributed by atoms with van der Waals surface area (Å²) < 4.78 is 1.36. The van der Waals surface area contributed by atoms with Gasteiger partial charge in [-0.15, -0.1) is 11.3 Å². The topological polar surface area (TPSA) is 35.8 Å². The summed E-state index contributed by atoms with van der Waals surface area (Å²) in [5.74, 6) is 0. The fourth-order valence-electron chi connectivity index (χ4n) is 1.72. The smallest absolute Gasteiger partial charge is 0.0635 e. The van der Waals surface area contributed by atoms with E-state index in [0.717, 1.165) is 19.5 Å². The first-order chi connectivity index (χ1) is 7.92. The molecule has 1 aromatic carbocycles. The van der Waals surface area contributed by atoms with Gasteiger partial charge in [-0.05, 0) is 35.4 Å². The highest BCUT2D eigenvalue weighted by molar-refractivity contribution is 7.17. The summed E-state index contributed by atoms with van der Waals surface area (Å²) in [4.78, 5) is 0. The van der Waals surface area contributed by atoms with Crippen LogP contribution >= 0.6 is 11.3 Å². The predicted molar refractivity (Wildman–Crippen MR) is 68.6 cm³/mol. The maximum absolute atomic E-state index is 8.40. The zero-order chi connectivity index (χ0) is 11.2. The van der Waals surface area contributed by atoms with E-state index >= 15 is 0 Å².